The summed E-state index contributed by atoms with van der Waals surface area (Å²) in [6.45, 7) is 8.51. The molecule has 1 unspecified atom stereocenters. The van der Waals surface area contributed by atoms with Crippen LogP contribution in [0, 0.1) is 0 Å². The molecule has 1 atom stereocenters. The minimum atomic E-state index is -0.246. The van der Waals surface area contributed by atoms with Gasteiger partial charge >= 0.3 is 5.69 Å². The van der Waals surface area contributed by atoms with E-state index in [9.17, 15) is 4.79 Å². The standard InChI is InChI=1S/C23H25N5O2S/c1-15(16-8-6-5-7-9-16)28-21(29)25-26-22(28)31-14-19-24-20(27-30-19)17-10-12-18(13-11-17)23(2,3)4/h5-13,15H,14H2,1-4H3,(H,25,29). The molecule has 2 heterocycles. The molecule has 160 valence electrons. The van der Waals surface area contributed by atoms with E-state index in [1.807, 2.05) is 49.4 Å². The zero-order valence-electron chi connectivity index (χ0n) is 18.0. The molecule has 0 aliphatic rings. The van der Waals surface area contributed by atoms with Crippen molar-refractivity contribution < 1.29 is 4.52 Å². The maximum Gasteiger partial charge on any atom is 0.344 e. The molecule has 31 heavy (non-hydrogen) atoms. The van der Waals surface area contributed by atoms with Gasteiger partial charge in [0.2, 0.25) is 11.7 Å². The third-order valence-corrected chi connectivity index (χ3v) is 6.08. The third kappa shape index (κ3) is 4.64. The van der Waals surface area contributed by atoms with Crippen LogP contribution in [0.25, 0.3) is 11.4 Å². The van der Waals surface area contributed by atoms with Crippen molar-refractivity contribution in [3.63, 3.8) is 0 Å². The Morgan fingerprint density at radius 1 is 1.10 bits per heavy atom. The van der Waals surface area contributed by atoms with Crippen molar-refractivity contribution in [3.05, 3.63) is 82.1 Å². The molecule has 0 radical (unpaired) electrons. The Morgan fingerprint density at radius 3 is 2.48 bits per heavy atom. The van der Waals surface area contributed by atoms with Gasteiger partial charge in [0.1, 0.15) is 0 Å². The zero-order chi connectivity index (χ0) is 22.0. The van der Waals surface area contributed by atoms with E-state index >= 15 is 0 Å². The van der Waals surface area contributed by atoms with E-state index in [1.165, 1.54) is 17.3 Å². The molecule has 0 fully saturated rings. The highest BCUT2D eigenvalue weighted by atomic mass is 32.2. The summed E-state index contributed by atoms with van der Waals surface area (Å²) in [5.74, 6) is 1.45. The molecule has 4 rings (SSSR count). The topological polar surface area (TPSA) is 89.6 Å². The van der Waals surface area contributed by atoms with Crippen LogP contribution in [0.15, 0.2) is 69.1 Å². The Hall–Kier alpha value is -3.13. The number of hydrogen-bond donors (Lipinski definition) is 1. The second-order valence-electron chi connectivity index (χ2n) is 8.40. The van der Waals surface area contributed by atoms with Crippen LogP contribution in [-0.4, -0.2) is 24.9 Å². The predicted octanol–water partition coefficient (Wildman–Crippen LogP) is 4.82. The van der Waals surface area contributed by atoms with E-state index < -0.39 is 0 Å². The monoisotopic (exact) mass is 435 g/mol. The largest absolute Gasteiger partial charge is 0.344 e. The van der Waals surface area contributed by atoms with E-state index in [0.717, 1.165) is 11.1 Å². The van der Waals surface area contributed by atoms with Gasteiger partial charge in [-0.05, 0) is 23.5 Å². The molecule has 8 heteroatoms. The van der Waals surface area contributed by atoms with Crippen LogP contribution in [-0.2, 0) is 11.2 Å². The summed E-state index contributed by atoms with van der Waals surface area (Å²) >= 11 is 1.38. The van der Waals surface area contributed by atoms with E-state index in [4.69, 9.17) is 4.52 Å². The highest BCUT2D eigenvalue weighted by Gasteiger charge is 2.19. The van der Waals surface area contributed by atoms with Gasteiger partial charge in [-0.2, -0.15) is 4.98 Å². The first-order chi connectivity index (χ1) is 14.8. The highest BCUT2D eigenvalue weighted by molar-refractivity contribution is 7.98. The molecule has 0 saturated carbocycles. The van der Waals surface area contributed by atoms with Crippen LogP contribution < -0.4 is 5.69 Å². The van der Waals surface area contributed by atoms with Gasteiger partial charge in [-0.1, -0.05) is 92.3 Å². The molecule has 2 aromatic carbocycles. The Bertz CT molecular complexity index is 1200. The van der Waals surface area contributed by atoms with Crippen molar-refractivity contribution in [2.75, 3.05) is 0 Å². The summed E-state index contributed by atoms with van der Waals surface area (Å²) in [4.78, 5) is 16.8. The fourth-order valence-corrected chi connectivity index (χ4v) is 4.15. The van der Waals surface area contributed by atoms with Gasteiger partial charge in [-0.25, -0.2) is 9.89 Å². The van der Waals surface area contributed by atoms with Crippen molar-refractivity contribution in [1.29, 1.82) is 0 Å². The van der Waals surface area contributed by atoms with Crippen LogP contribution in [0.1, 0.15) is 50.8 Å². The number of hydrogen-bond acceptors (Lipinski definition) is 6. The first-order valence-corrected chi connectivity index (χ1v) is 11.1. The van der Waals surface area contributed by atoms with Gasteiger partial charge in [0.15, 0.2) is 5.16 Å². The van der Waals surface area contributed by atoms with Crippen LogP contribution in [0.2, 0.25) is 0 Å². The van der Waals surface area contributed by atoms with Crippen molar-refractivity contribution in [2.24, 2.45) is 0 Å². The lowest BCUT2D eigenvalue weighted by molar-refractivity contribution is 0.391. The highest BCUT2D eigenvalue weighted by Crippen LogP contribution is 2.27. The predicted molar refractivity (Wildman–Crippen MR) is 121 cm³/mol. The summed E-state index contributed by atoms with van der Waals surface area (Å²) in [5.41, 5.74) is 3.03. The van der Waals surface area contributed by atoms with Crippen molar-refractivity contribution in [2.45, 2.75) is 50.1 Å². The molecule has 0 spiro atoms. The van der Waals surface area contributed by atoms with E-state index in [-0.39, 0.29) is 17.1 Å². The molecular weight excluding hydrogens is 410 g/mol. The molecule has 4 aromatic rings. The molecule has 2 aromatic heterocycles. The first-order valence-electron chi connectivity index (χ1n) is 10.1. The van der Waals surface area contributed by atoms with Gasteiger partial charge in [0.25, 0.3) is 0 Å². The molecular formula is C23H25N5O2S. The third-order valence-electron chi connectivity index (χ3n) is 5.14. The van der Waals surface area contributed by atoms with Gasteiger partial charge in [0.05, 0.1) is 11.8 Å². The molecule has 7 nitrogen and oxygen atoms in total. The molecule has 1 N–H and O–H groups in total. The lowest BCUT2D eigenvalue weighted by Crippen LogP contribution is -2.22. The number of benzene rings is 2. The fraction of sp³-hybridized carbons (Fsp3) is 0.304. The molecule has 0 bridgehead atoms. The average molecular weight is 436 g/mol. The van der Waals surface area contributed by atoms with Gasteiger partial charge in [0, 0.05) is 5.56 Å². The number of rotatable bonds is 6. The van der Waals surface area contributed by atoms with Gasteiger partial charge < -0.3 is 4.52 Å². The summed E-state index contributed by atoms with van der Waals surface area (Å²) < 4.78 is 7.06. The normalized spacial score (nSPS) is 12.8. The number of nitrogens with one attached hydrogen (secondary N) is 1. The Balaban J connectivity index is 1.48. The van der Waals surface area contributed by atoms with Crippen molar-refractivity contribution in [1.82, 2.24) is 24.9 Å². The fourth-order valence-electron chi connectivity index (χ4n) is 3.29. The smallest absolute Gasteiger partial charge is 0.338 e. The Kier molecular flexibility index (Phi) is 5.82. The molecule has 0 aliphatic heterocycles. The van der Waals surface area contributed by atoms with Gasteiger partial charge in [-0.3, -0.25) is 4.57 Å². The second kappa shape index (κ2) is 8.55. The Morgan fingerprint density at radius 2 is 1.81 bits per heavy atom. The summed E-state index contributed by atoms with van der Waals surface area (Å²) in [6, 6.07) is 17.9. The van der Waals surface area contributed by atoms with E-state index in [0.29, 0.717) is 22.6 Å². The Labute approximate surface area is 184 Å². The SMILES string of the molecule is CC(c1ccccc1)n1c(SCc2nc(-c3ccc(C(C)(C)C)cc3)no2)n[nH]c1=O. The summed E-state index contributed by atoms with van der Waals surface area (Å²) in [5, 5.41) is 11.4. The van der Waals surface area contributed by atoms with Crippen LogP contribution in [0.3, 0.4) is 0 Å². The number of aromatic nitrogens is 5. The first kappa shape index (κ1) is 21.1. The van der Waals surface area contributed by atoms with Crippen LogP contribution >= 0.6 is 11.8 Å². The van der Waals surface area contributed by atoms with E-state index in [1.54, 1.807) is 4.57 Å². The lowest BCUT2D eigenvalue weighted by Gasteiger charge is -2.18. The number of H-pyrrole nitrogens is 1. The maximum atomic E-state index is 12.3. The molecule has 0 aliphatic carbocycles. The quantitative estimate of drug-likeness (QED) is 0.437. The minimum absolute atomic E-state index is 0.0911. The zero-order valence-corrected chi connectivity index (χ0v) is 18.8. The van der Waals surface area contributed by atoms with Crippen LogP contribution in [0.5, 0.6) is 0 Å². The van der Waals surface area contributed by atoms with Crippen molar-refractivity contribution >= 4 is 11.8 Å². The van der Waals surface area contributed by atoms with Gasteiger partial charge in [-0.15, -0.1) is 5.10 Å². The van der Waals surface area contributed by atoms with Crippen LogP contribution in [0.4, 0.5) is 0 Å². The molecule has 0 saturated heterocycles. The van der Waals surface area contributed by atoms with Crippen molar-refractivity contribution in [3.8, 4) is 11.4 Å². The lowest BCUT2D eigenvalue weighted by atomic mass is 9.87. The second-order valence-corrected chi connectivity index (χ2v) is 9.34. The van der Waals surface area contributed by atoms with E-state index in [2.05, 4.69) is 53.2 Å². The average Bonchev–Trinajstić information content (AvgIpc) is 3.38. The number of thioether (sulfide) groups is 1. The summed E-state index contributed by atoms with van der Waals surface area (Å²) in [6.07, 6.45) is 0. The number of aromatic amines is 1. The summed E-state index contributed by atoms with van der Waals surface area (Å²) in [7, 11) is 0. The number of nitrogens with zero attached hydrogens (tertiary/aromatic N) is 4. The molecule has 0 amide bonds. The maximum absolute atomic E-state index is 12.3. The minimum Gasteiger partial charge on any atom is -0.338 e.